The van der Waals surface area contributed by atoms with Gasteiger partial charge in [0.25, 0.3) is 0 Å². The van der Waals surface area contributed by atoms with Gasteiger partial charge in [-0.1, -0.05) is 0 Å². The van der Waals surface area contributed by atoms with E-state index in [1.54, 1.807) is 6.20 Å². The van der Waals surface area contributed by atoms with E-state index in [1.165, 1.54) is 7.11 Å². The van der Waals surface area contributed by atoms with Gasteiger partial charge in [-0.2, -0.15) is 0 Å². The second-order valence-electron chi connectivity index (χ2n) is 3.55. The van der Waals surface area contributed by atoms with E-state index in [-0.39, 0.29) is 12.0 Å². The summed E-state index contributed by atoms with van der Waals surface area (Å²) in [6.07, 6.45) is 3.38. The molecule has 5 heteroatoms. The number of carbonyl (C=O) groups is 1. The highest BCUT2D eigenvalue weighted by atomic mass is 79.9. The van der Waals surface area contributed by atoms with Crippen LogP contribution in [0.3, 0.4) is 0 Å². The number of nitrogens with zero attached hydrogens (tertiary/aromatic N) is 1. The van der Waals surface area contributed by atoms with Crippen LogP contribution >= 0.6 is 15.9 Å². The predicted molar refractivity (Wildman–Crippen MR) is 64.9 cm³/mol. The van der Waals surface area contributed by atoms with E-state index >= 15 is 0 Å². The maximum Gasteiger partial charge on any atom is 0.305 e. The Morgan fingerprint density at radius 3 is 2.94 bits per heavy atom. The van der Waals surface area contributed by atoms with E-state index in [0.717, 1.165) is 10.2 Å². The maximum absolute atomic E-state index is 10.9. The van der Waals surface area contributed by atoms with Crippen LogP contribution in [0.5, 0.6) is 0 Å². The van der Waals surface area contributed by atoms with Crippen LogP contribution in [-0.2, 0) is 16.0 Å². The Kier molecular flexibility index (Phi) is 5.42. The Balaban J connectivity index is 2.36. The van der Waals surface area contributed by atoms with Crippen LogP contribution in [0.1, 0.15) is 18.5 Å². The van der Waals surface area contributed by atoms with Crippen LogP contribution in [0, 0.1) is 0 Å². The maximum atomic E-state index is 10.9. The molecule has 0 saturated heterocycles. The van der Waals surface area contributed by atoms with Crippen molar-refractivity contribution in [2.24, 2.45) is 5.73 Å². The molecule has 0 aliphatic rings. The Morgan fingerprint density at radius 1 is 1.62 bits per heavy atom. The number of methoxy groups -OCH3 is 1. The van der Waals surface area contributed by atoms with Gasteiger partial charge >= 0.3 is 5.97 Å². The smallest absolute Gasteiger partial charge is 0.305 e. The molecule has 0 spiro atoms. The molecule has 16 heavy (non-hydrogen) atoms. The monoisotopic (exact) mass is 286 g/mol. The van der Waals surface area contributed by atoms with Crippen LogP contribution in [0.25, 0.3) is 0 Å². The number of esters is 1. The fraction of sp³-hybridized carbons (Fsp3) is 0.455. The molecule has 0 radical (unpaired) electrons. The number of pyridine rings is 1. The highest BCUT2D eigenvalue weighted by Gasteiger charge is 2.08. The van der Waals surface area contributed by atoms with Gasteiger partial charge < -0.3 is 10.5 Å². The average molecular weight is 287 g/mol. The zero-order valence-electron chi connectivity index (χ0n) is 9.15. The lowest BCUT2D eigenvalue weighted by Gasteiger charge is -2.09. The normalized spacial score (nSPS) is 12.2. The molecule has 1 rings (SSSR count). The summed E-state index contributed by atoms with van der Waals surface area (Å²) < 4.78 is 5.49. The van der Waals surface area contributed by atoms with Gasteiger partial charge in [-0.05, 0) is 34.5 Å². The summed E-state index contributed by atoms with van der Waals surface area (Å²) in [7, 11) is 1.38. The highest BCUT2D eigenvalue weighted by Crippen LogP contribution is 2.09. The van der Waals surface area contributed by atoms with Crippen molar-refractivity contribution in [3.8, 4) is 0 Å². The summed E-state index contributed by atoms with van der Waals surface area (Å²) >= 11 is 3.32. The van der Waals surface area contributed by atoms with Crippen molar-refractivity contribution in [3.63, 3.8) is 0 Å². The van der Waals surface area contributed by atoms with Crippen molar-refractivity contribution < 1.29 is 9.53 Å². The van der Waals surface area contributed by atoms with E-state index in [4.69, 9.17) is 5.73 Å². The van der Waals surface area contributed by atoms with E-state index in [0.29, 0.717) is 19.3 Å². The van der Waals surface area contributed by atoms with Gasteiger partial charge in [0.2, 0.25) is 0 Å². The molecule has 88 valence electrons. The Bertz CT molecular complexity index is 340. The van der Waals surface area contributed by atoms with Crippen LogP contribution in [0.4, 0.5) is 0 Å². The molecule has 4 nitrogen and oxygen atoms in total. The van der Waals surface area contributed by atoms with Crippen LogP contribution in [0.15, 0.2) is 22.8 Å². The zero-order chi connectivity index (χ0) is 12.0. The molecule has 1 aromatic rings. The Morgan fingerprint density at radius 2 is 2.38 bits per heavy atom. The number of carbonyl (C=O) groups excluding carboxylic acids is 1. The summed E-state index contributed by atoms with van der Waals surface area (Å²) in [5.41, 5.74) is 6.82. The van der Waals surface area contributed by atoms with E-state index in [9.17, 15) is 4.79 Å². The number of rotatable bonds is 5. The fourth-order valence-corrected chi connectivity index (χ4v) is 1.54. The lowest BCUT2D eigenvalue weighted by molar-refractivity contribution is -0.140. The molecule has 1 unspecified atom stereocenters. The SMILES string of the molecule is COC(=O)CCC(N)Cc1ccc(Br)cn1. The lowest BCUT2D eigenvalue weighted by atomic mass is 10.1. The fourth-order valence-electron chi connectivity index (χ4n) is 1.30. The van der Waals surface area contributed by atoms with Gasteiger partial charge in [0.1, 0.15) is 0 Å². The third kappa shape index (κ3) is 4.72. The summed E-state index contributed by atoms with van der Waals surface area (Å²) in [6.45, 7) is 0. The first-order chi connectivity index (χ1) is 7.61. The number of ether oxygens (including phenoxy) is 1. The molecule has 0 aromatic carbocycles. The molecule has 0 saturated carbocycles. The van der Waals surface area contributed by atoms with Crippen molar-refractivity contribution in [3.05, 3.63) is 28.5 Å². The lowest BCUT2D eigenvalue weighted by Crippen LogP contribution is -2.24. The second-order valence-corrected chi connectivity index (χ2v) is 4.46. The van der Waals surface area contributed by atoms with Gasteiger partial charge in [0, 0.05) is 35.2 Å². The molecule has 0 fully saturated rings. The van der Waals surface area contributed by atoms with E-state index in [2.05, 4.69) is 25.7 Å². The largest absolute Gasteiger partial charge is 0.469 e. The molecular weight excluding hydrogens is 272 g/mol. The molecule has 0 aliphatic heterocycles. The van der Waals surface area contributed by atoms with Crippen molar-refractivity contribution in [1.29, 1.82) is 0 Å². The van der Waals surface area contributed by atoms with Gasteiger partial charge in [0.15, 0.2) is 0 Å². The quantitative estimate of drug-likeness (QED) is 0.837. The number of hydrogen-bond acceptors (Lipinski definition) is 4. The summed E-state index contributed by atoms with van der Waals surface area (Å²) in [6, 6.07) is 3.78. The molecule has 0 amide bonds. The number of nitrogens with two attached hydrogens (primary N) is 1. The summed E-state index contributed by atoms with van der Waals surface area (Å²) in [4.78, 5) is 15.1. The number of hydrogen-bond donors (Lipinski definition) is 1. The summed E-state index contributed by atoms with van der Waals surface area (Å²) in [5, 5.41) is 0. The van der Waals surface area contributed by atoms with Crippen LogP contribution in [-0.4, -0.2) is 24.1 Å². The third-order valence-corrected chi connectivity index (χ3v) is 2.68. The molecule has 1 atom stereocenters. The minimum Gasteiger partial charge on any atom is -0.469 e. The Labute approximate surface area is 103 Å². The topological polar surface area (TPSA) is 65.2 Å². The van der Waals surface area contributed by atoms with E-state index < -0.39 is 0 Å². The second kappa shape index (κ2) is 6.60. The molecular formula is C11H15BrN2O2. The number of aromatic nitrogens is 1. The van der Waals surface area contributed by atoms with Gasteiger partial charge in [0.05, 0.1) is 7.11 Å². The van der Waals surface area contributed by atoms with Gasteiger partial charge in [-0.25, -0.2) is 0 Å². The average Bonchev–Trinajstić information content (AvgIpc) is 2.29. The van der Waals surface area contributed by atoms with Gasteiger partial charge in [-0.3, -0.25) is 9.78 Å². The third-order valence-electron chi connectivity index (χ3n) is 2.21. The van der Waals surface area contributed by atoms with Crippen molar-refractivity contribution >= 4 is 21.9 Å². The van der Waals surface area contributed by atoms with Crippen molar-refractivity contribution in [1.82, 2.24) is 4.98 Å². The standard InChI is InChI=1S/C11H15BrN2O2/c1-16-11(15)5-3-9(13)6-10-4-2-8(12)7-14-10/h2,4,7,9H,3,5-6,13H2,1H3. The minimum atomic E-state index is -0.223. The first kappa shape index (κ1) is 13.1. The molecule has 0 aliphatic carbocycles. The molecule has 0 bridgehead atoms. The highest BCUT2D eigenvalue weighted by molar-refractivity contribution is 9.10. The molecule has 2 N–H and O–H groups in total. The predicted octanol–water partition coefficient (Wildman–Crippen LogP) is 1.67. The minimum absolute atomic E-state index is 0.0622. The number of halogens is 1. The van der Waals surface area contributed by atoms with Crippen molar-refractivity contribution in [2.45, 2.75) is 25.3 Å². The zero-order valence-corrected chi connectivity index (χ0v) is 10.7. The van der Waals surface area contributed by atoms with E-state index in [1.807, 2.05) is 12.1 Å². The molecule has 1 aromatic heterocycles. The van der Waals surface area contributed by atoms with Crippen LogP contribution < -0.4 is 5.73 Å². The van der Waals surface area contributed by atoms with Crippen molar-refractivity contribution in [2.75, 3.05) is 7.11 Å². The first-order valence-corrected chi connectivity index (χ1v) is 5.84. The summed E-state index contributed by atoms with van der Waals surface area (Å²) in [5.74, 6) is -0.223. The van der Waals surface area contributed by atoms with Crippen LogP contribution in [0.2, 0.25) is 0 Å². The first-order valence-electron chi connectivity index (χ1n) is 5.04. The Hall–Kier alpha value is -0.940. The van der Waals surface area contributed by atoms with Gasteiger partial charge in [-0.15, -0.1) is 0 Å². The molecule has 1 heterocycles.